The van der Waals surface area contributed by atoms with Gasteiger partial charge in [-0.2, -0.15) is 0 Å². The average molecular weight is 793 g/mol. The molecule has 3 unspecified atom stereocenters. The van der Waals surface area contributed by atoms with Crippen molar-refractivity contribution in [3.63, 3.8) is 0 Å². The van der Waals surface area contributed by atoms with Crippen LogP contribution in [0.2, 0.25) is 0 Å². The molecule has 0 heteroatoms. The maximum absolute atomic E-state index is 2.73. The maximum Gasteiger partial charge on any atom is 0.0165 e. The number of benzene rings is 7. The third kappa shape index (κ3) is 4.63. The second kappa shape index (κ2) is 13.0. The predicted molar refractivity (Wildman–Crippen MR) is 264 cm³/mol. The molecule has 0 aromatic heterocycles. The smallest absolute Gasteiger partial charge is 0.0165 e. The Balaban J connectivity index is 1.22. The second-order valence-corrected chi connectivity index (χ2v) is 19.1. The average Bonchev–Trinajstić information content (AvgIpc) is 3.81. The number of aryl methyl sites for hydroxylation is 1. The Hall–Kier alpha value is -6.50. The Morgan fingerprint density at radius 2 is 1.26 bits per heavy atom. The van der Waals surface area contributed by atoms with Gasteiger partial charge in [0.05, 0.1) is 0 Å². The van der Waals surface area contributed by atoms with Crippen molar-refractivity contribution in [2.45, 2.75) is 64.7 Å². The maximum atomic E-state index is 2.73. The van der Waals surface area contributed by atoms with E-state index >= 15 is 0 Å². The third-order valence-electron chi connectivity index (χ3n) is 16.0. The van der Waals surface area contributed by atoms with E-state index in [4.69, 9.17) is 0 Å². The SMILES string of the molecule is CC1=C(c2ccc3c4c(cc5c(c24)C=CCC5)-c2c-3c(-c3cccc4ccccc34)c3c(c2-c2cccc4ccccc24)C2CCC=C4C5=C(CCC=C5)C(=C3)C42)C(C)CC=C1. The summed E-state index contributed by atoms with van der Waals surface area (Å²) in [5.41, 5.74) is 28.0. The summed E-state index contributed by atoms with van der Waals surface area (Å²) in [5, 5.41) is 8.22. The van der Waals surface area contributed by atoms with Gasteiger partial charge in [-0.3, -0.25) is 0 Å². The summed E-state index contributed by atoms with van der Waals surface area (Å²) >= 11 is 0. The monoisotopic (exact) mass is 792 g/mol. The highest BCUT2D eigenvalue weighted by atomic mass is 14.5. The zero-order valence-corrected chi connectivity index (χ0v) is 35.6. The number of fused-ring (bicyclic) bond motifs is 11. The van der Waals surface area contributed by atoms with Crippen molar-refractivity contribution in [1.29, 1.82) is 0 Å². The molecule has 296 valence electrons. The number of hydrogen-bond acceptors (Lipinski definition) is 0. The van der Waals surface area contributed by atoms with Gasteiger partial charge in [0.15, 0.2) is 0 Å². The van der Waals surface area contributed by atoms with Crippen molar-refractivity contribution in [1.82, 2.24) is 0 Å². The molecular weight excluding hydrogens is 745 g/mol. The highest BCUT2D eigenvalue weighted by Gasteiger charge is 2.47. The summed E-state index contributed by atoms with van der Waals surface area (Å²) in [5.74, 6) is 1.24. The standard InChI is InChI=1S/C62H48/c1-35-15-11-16-36(2)54(35)49-31-32-50-58-52(33-39-19-5-8-24-42(39)56(49)58)62-60(46-28-13-21-38-18-4-7-23-41(38)46)59-48-30-14-29-47-43-25-9-10-26-44(43)51(55(47)48)34-53(59)57(61(50)62)45-27-12-20-37-17-3-6-22-40(37)45/h3-4,6-9,11-13,15,17-18,20-25,27-29,31-34,36,48,55H,5,10,14,16,19,26,30H2,1-2H3. The fraction of sp³-hybridized carbons (Fsp3) is 0.194. The van der Waals surface area contributed by atoms with Crippen molar-refractivity contribution >= 4 is 50.0 Å². The van der Waals surface area contributed by atoms with Crippen LogP contribution in [0.5, 0.6) is 0 Å². The topological polar surface area (TPSA) is 0 Å². The largest absolute Gasteiger partial charge is 0.0837 e. The minimum atomic E-state index is 0.384. The molecule has 0 aliphatic heterocycles. The van der Waals surface area contributed by atoms with Gasteiger partial charge in [-0.1, -0.05) is 147 Å². The molecule has 0 nitrogen and oxygen atoms in total. The highest BCUT2D eigenvalue weighted by molar-refractivity contribution is 6.27. The Morgan fingerprint density at radius 3 is 2.06 bits per heavy atom. The lowest BCUT2D eigenvalue weighted by Gasteiger charge is -2.39. The van der Waals surface area contributed by atoms with Crippen LogP contribution in [0.15, 0.2) is 167 Å². The number of allylic oxidation sites excluding steroid dienone is 12. The van der Waals surface area contributed by atoms with Crippen molar-refractivity contribution in [2.24, 2.45) is 11.8 Å². The van der Waals surface area contributed by atoms with E-state index in [1.807, 2.05) is 0 Å². The minimum Gasteiger partial charge on any atom is -0.0837 e. The molecule has 7 aliphatic carbocycles. The Bertz CT molecular complexity index is 3440. The van der Waals surface area contributed by atoms with E-state index in [0.29, 0.717) is 17.8 Å². The van der Waals surface area contributed by atoms with Crippen molar-refractivity contribution in [2.75, 3.05) is 0 Å². The molecule has 0 N–H and O–H groups in total. The van der Waals surface area contributed by atoms with E-state index in [1.54, 1.807) is 22.3 Å². The van der Waals surface area contributed by atoms with Gasteiger partial charge in [0.1, 0.15) is 0 Å². The predicted octanol–water partition coefficient (Wildman–Crippen LogP) is 16.9. The molecule has 0 saturated carbocycles. The van der Waals surface area contributed by atoms with Crippen LogP contribution in [-0.2, 0) is 6.42 Å². The molecule has 0 bridgehead atoms. The van der Waals surface area contributed by atoms with E-state index in [0.717, 1.165) is 44.9 Å². The lowest BCUT2D eigenvalue weighted by atomic mass is 9.64. The van der Waals surface area contributed by atoms with Gasteiger partial charge in [-0.05, 0) is 214 Å². The molecule has 0 heterocycles. The second-order valence-electron chi connectivity index (χ2n) is 19.1. The molecule has 3 atom stereocenters. The van der Waals surface area contributed by atoms with Gasteiger partial charge in [-0.25, -0.2) is 0 Å². The van der Waals surface area contributed by atoms with Gasteiger partial charge < -0.3 is 0 Å². The lowest BCUT2D eigenvalue weighted by molar-refractivity contribution is 0.501. The third-order valence-corrected chi connectivity index (χ3v) is 16.0. The first-order valence-corrected chi connectivity index (χ1v) is 23.3. The summed E-state index contributed by atoms with van der Waals surface area (Å²) in [4.78, 5) is 0. The van der Waals surface area contributed by atoms with E-state index < -0.39 is 0 Å². The minimum absolute atomic E-state index is 0.384. The number of hydrogen-bond donors (Lipinski definition) is 0. The van der Waals surface area contributed by atoms with Crippen LogP contribution in [0.25, 0.3) is 94.6 Å². The molecule has 0 radical (unpaired) electrons. The van der Waals surface area contributed by atoms with Crippen molar-refractivity contribution in [3.8, 4) is 44.5 Å². The van der Waals surface area contributed by atoms with Crippen LogP contribution in [0.3, 0.4) is 0 Å². The summed E-state index contributed by atoms with van der Waals surface area (Å²) < 4.78 is 0. The quantitative estimate of drug-likeness (QED) is 0.167. The van der Waals surface area contributed by atoms with E-state index in [-0.39, 0.29) is 0 Å². The number of rotatable bonds is 3. The van der Waals surface area contributed by atoms with Gasteiger partial charge in [0, 0.05) is 5.92 Å². The molecule has 0 spiro atoms. The molecule has 7 aromatic rings. The van der Waals surface area contributed by atoms with Crippen LogP contribution in [0.4, 0.5) is 0 Å². The summed E-state index contributed by atoms with van der Waals surface area (Å²) in [6.07, 6.45) is 27.7. The van der Waals surface area contributed by atoms with Crippen molar-refractivity contribution < 1.29 is 0 Å². The summed E-state index contributed by atoms with van der Waals surface area (Å²) in [6, 6.07) is 40.2. The molecule has 62 heavy (non-hydrogen) atoms. The van der Waals surface area contributed by atoms with Crippen LogP contribution in [0, 0.1) is 11.8 Å². The Morgan fingerprint density at radius 1 is 0.548 bits per heavy atom. The molecule has 14 rings (SSSR count). The Labute approximate surface area is 364 Å². The normalized spacial score (nSPS) is 21.3. The van der Waals surface area contributed by atoms with Gasteiger partial charge >= 0.3 is 0 Å². The first-order chi connectivity index (χ1) is 30.6. The van der Waals surface area contributed by atoms with Crippen LogP contribution < -0.4 is 0 Å². The first kappa shape index (κ1) is 35.1. The summed E-state index contributed by atoms with van der Waals surface area (Å²) in [6.45, 7) is 4.78. The van der Waals surface area contributed by atoms with E-state index in [9.17, 15) is 0 Å². The Kier molecular flexibility index (Phi) is 7.37. The van der Waals surface area contributed by atoms with E-state index in [2.05, 4.69) is 166 Å². The fourth-order valence-corrected chi connectivity index (χ4v) is 13.6. The zero-order chi connectivity index (χ0) is 40.8. The van der Waals surface area contributed by atoms with Gasteiger partial charge in [0.25, 0.3) is 0 Å². The van der Waals surface area contributed by atoms with E-state index in [1.165, 1.54) is 116 Å². The molecular formula is C62H48. The molecule has 7 aromatic carbocycles. The van der Waals surface area contributed by atoms with Crippen LogP contribution >= 0.6 is 0 Å². The first-order valence-electron chi connectivity index (χ1n) is 23.3. The highest BCUT2D eigenvalue weighted by Crippen LogP contribution is 2.66. The molecule has 0 fully saturated rings. The van der Waals surface area contributed by atoms with Gasteiger partial charge in [-0.15, -0.1) is 0 Å². The molecule has 0 saturated heterocycles. The zero-order valence-electron chi connectivity index (χ0n) is 35.6. The summed E-state index contributed by atoms with van der Waals surface area (Å²) in [7, 11) is 0. The van der Waals surface area contributed by atoms with Gasteiger partial charge in [0.2, 0.25) is 0 Å². The van der Waals surface area contributed by atoms with Crippen molar-refractivity contribution in [3.05, 3.63) is 195 Å². The lowest BCUT2D eigenvalue weighted by Crippen LogP contribution is -2.23. The fourth-order valence-electron chi connectivity index (χ4n) is 13.6. The van der Waals surface area contributed by atoms with Crippen LogP contribution in [0.1, 0.15) is 86.1 Å². The van der Waals surface area contributed by atoms with Crippen LogP contribution in [-0.4, -0.2) is 0 Å². The molecule has 0 amide bonds. The molecule has 7 aliphatic rings.